The molecule has 1 saturated heterocycles. The second-order valence-corrected chi connectivity index (χ2v) is 8.53. The highest BCUT2D eigenvalue weighted by Crippen LogP contribution is 2.27. The number of para-hydroxylation sites is 2. The number of benzene rings is 1. The molecule has 1 unspecified atom stereocenters. The molecule has 8 heteroatoms. The van der Waals surface area contributed by atoms with Crippen LogP contribution in [-0.2, 0) is 9.84 Å². The first-order valence-electron chi connectivity index (χ1n) is 8.24. The number of nitrogens with one attached hydrogen (secondary N) is 2. The SMILES string of the molecule is CC(C)Oc1ccccc1Nc1ccnc(NC2CCS(=O)(=O)C2)n1. The van der Waals surface area contributed by atoms with Gasteiger partial charge in [0.05, 0.1) is 23.3 Å². The third-order valence-corrected chi connectivity index (χ3v) is 5.50. The van der Waals surface area contributed by atoms with Crippen LogP contribution >= 0.6 is 0 Å². The zero-order chi connectivity index (χ0) is 17.9. The van der Waals surface area contributed by atoms with Crippen molar-refractivity contribution in [1.82, 2.24) is 9.97 Å². The van der Waals surface area contributed by atoms with E-state index in [9.17, 15) is 8.42 Å². The molecule has 2 heterocycles. The molecular weight excluding hydrogens is 340 g/mol. The van der Waals surface area contributed by atoms with Crippen LogP contribution in [0.3, 0.4) is 0 Å². The molecule has 0 amide bonds. The lowest BCUT2D eigenvalue weighted by molar-refractivity contribution is 0.244. The number of hydrogen-bond donors (Lipinski definition) is 2. The number of ether oxygens (including phenoxy) is 1. The number of sulfone groups is 1. The zero-order valence-corrected chi connectivity index (χ0v) is 15.1. The Morgan fingerprint density at radius 1 is 1.24 bits per heavy atom. The fourth-order valence-electron chi connectivity index (χ4n) is 2.65. The number of hydrogen-bond acceptors (Lipinski definition) is 7. The molecule has 2 aromatic rings. The van der Waals surface area contributed by atoms with Gasteiger partial charge in [-0.05, 0) is 38.5 Å². The smallest absolute Gasteiger partial charge is 0.224 e. The van der Waals surface area contributed by atoms with Crippen molar-refractivity contribution in [2.45, 2.75) is 32.4 Å². The van der Waals surface area contributed by atoms with E-state index in [4.69, 9.17) is 4.74 Å². The Labute approximate surface area is 147 Å². The summed E-state index contributed by atoms with van der Waals surface area (Å²) in [6, 6.07) is 9.25. The van der Waals surface area contributed by atoms with E-state index in [1.165, 1.54) is 0 Å². The molecule has 1 aromatic heterocycles. The summed E-state index contributed by atoms with van der Waals surface area (Å²) in [6.45, 7) is 3.94. The Kier molecular flexibility index (Phi) is 5.08. The predicted octanol–water partition coefficient (Wildman–Crippen LogP) is 2.61. The lowest BCUT2D eigenvalue weighted by Crippen LogP contribution is -2.22. The van der Waals surface area contributed by atoms with Crippen molar-refractivity contribution < 1.29 is 13.2 Å². The molecule has 1 aliphatic heterocycles. The van der Waals surface area contributed by atoms with Crippen molar-refractivity contribution in [2.24, 2.45) is 0 Å². The van der Waals surface area contributed by atoms with E-state index in [1.54, 1.807) is 12.3 Å². The molecule has 1 aromatic carbocycles. The molecule has 7 nitrogen and oxygen atoms in total. The summed E-state index contributed by atoms with van der Waals surface area (Å²) < 4.78 is 28.9. The van der Waals surface area contributed by atoms with Crippen LogP contribution in [0.4, 0.5) is 17.5 Å². The van der Waals surface area contributed by atoms with Gasteiger partial charge in [0, 0.05) is 12.2 Å². The predicted molar refractivity (Wildman–Crippen MR) is 98.2 cm³/mol. The number of anilines is 3. The van der Waals surface area contributed by atoms with Crippen LogP contribution in [0.2, 0.25) is 0 Å². The van der Waals surface area contributed by atoms with Gasteiger partial charge in [0.2, 0.25) is 5.95 Å². The van der Waals surface area contributed by atoms with Crippen LogP contribution in [0.5, 0.6) is 5.75 Å². The second kappa shape index (κ2) is 7.26. The fourth-order valence-corrected chi connectivity index (χ4v) is 4.33. The minimum Gasteiger partial charge on any atom is -0.489 e. The summed E-state index contributed by atoms with van der Waals surface area (Å²) in [5, 5.41) is 6.32. The molecule has 3 rings (SSSR count). The molecule has 0 radical (unpaired) electrons. The molecule has 0 aliphatic carbocycles. The fraction of sp³-hybridized carbons (Fsp3) is 0.412. The summed E-state index contributed by atoms with van der Waals surface area (Å²) in [5.74, 6) is 2.10. The zero-order valence-electron chi connectivity index (χ0n) is 14.3. The van der Waals surface area contributed by atoms with Gasteiger partial charge in [-0.1, -0.05) is 12.1 Å². The van der Waals surface area contributed by atoms with Crippen LogP contribution in [0, 0.1) is 0 Å². The maximum atomic E-state index is 11.6. The van der Waals surface area contributed by atoms with E-state index in [-0.39, 0.29) is 23.7 Å². The normalized spacial score (nSPS) is 18.9. The third-order valence-electron chi connectivity index (χ3n) is 3.73. The van der Waals surface area contributed by atoms with E-state index in [0.29, 0.717) is 18.2 Å². The van der Waals surface area contributed by atoms with Crippen molar-refractivity contribution in [3.63, 3.8) is 0 Å². The van der Waals surface area contributed by atoms with Gasteiger partial charge in [0.1, 0.15) is 11.6 Å². The van der Waals surface area contributed by atoms with Crippen LogP contribution in [0.15, 0.2) is 36.5 Å². The van der Waals surface area contributed by atoms with Gasteiger partial charge in [0.25, 0.3) is 0 Å². The quantitative estimate of drug-likeness (QED) is 0.816. The minimum absolute atomic E-state index is 0.0647. The molecule has 0 saturated carbocycles. The third kappa shape index (κ3) is 4.82. The van der Waals surface area contributed by atoms with Crippen LogP contribution in [0.25, 0.3) is 0 Å². The number of aromatic nitrogens is 2. The first-order chi connectivity index (χ1) is 11.9. The summed E-state index contributed by atoms with van der Waals surface area (Å²) in [6.07, 6.45) is 2.27. The molecule has 25 heavy (non-hydrogen) atoms. The first kappa shape index (κ1) is 17.5. The monoisotopic (exact) mass is 362 g/mol. The average molecular weight is 362 g/mol. The Hall–Kier alpha value is -2.35. The molecule has 0 bridgehead atoms. The van der Waals surface area contributed by atoms with Crippen LogP contribution < -0.4 is 15.4 Å². The van der Waals surface area contributed by atoms with Gasteiger partial charge >= 0.3 is 0 Å². The van der Waals surface area contributed by atoms with Gasteiger partial charge in [-0.15, -0.1) is 0 Å². The van der Waals surface area contributed by atoms with E-state index in [0.717, 1.165) is 11.4 Å². The first-order valence-corrected chi connectivity index (χ1v) is 10.1. The summed E-state index contributed by atoms with van der Waals surface area (Å²) in [4.78, 5) is 8.59. The average Bonchev–Trinajstić information content (AvgIpc) is 2.88. The second-order valence-electron chi connectivity index (χ2n) is 6.30. The molecule has 1 fully saturated rings. The van der Waals surface area contributed by atoms with Crippen molar-refractivity contribution in [2.75, 3.05) is 22.1 Å². The summed E-state index contributed by atoms with van der Waals surface area (Å²) in [5.41, 5.74) is 0.810. The van der Waals surface area contributed by atoms with Gasteiger partial charge in [0.15, 0.2) is 9.84 Å². The standard InChI is InChI=1S/C17H22N4O3S/c1-12(2)24-15-6-4-3-5-14(15)20-16-7-9-18-17(21-16)19-13-8-10-25(22,23)11-13/h3-7,9,12-13H,8,10-11H2,1-2H3,(H2,18,19,20,21). The van der Waals surface area contributed by atoms with Crippen LogP contribution in [0.1, 0.15) is 20.3 Å². The highest BCUT2D eigenvalue weighted by molar-refractivity contribution is 7.91. The van der Waals surface area contributed by atoms with E-state index in [1.807, 2.05) is 38.1 Å². The summed E-state index contributed by atoms with van der Waals surface area (Å²) >= 11 is 0. The van der Waals surface area contributed by atoms with E-state index < -0.39 is 9.84 Å². The molecule has 2 N–H and O–H groups in total. The molecule has 134 valence electrons. The number of nitrogens with zero attached hydrogens (tertiary/aromatic N) is 2. The molecule has 0 spiro atoms. The molecule has 1 atom stereocenters. The maximum Gasteiger partial charge on any atom is 0.224 e. The van der Waals surface area contributed by atoms with E-state index >= 15 is 0 Å². The van der Waals surface area contributed by atoms with Crippen molar-refractivity contribution in [3.05, 3.63) is 36.5 Å². The maximum absolute atomic E-state index is 11.6. The Morgan fingerprint density at radius 3 is 2.76 bits per heavy atom. The van der Waals surface area contributed by atoms with Gasteiger partial charge in [-0.3, -0.25) is 0 Å². The molecular formula is C17H22N4O3S. The van der Waals surface area contributed by atoms with Crippen molar-refractivity contribution >= 4 is 27.3 Å². The van der Waals surface area contributed by atoms with Crippen molar-refractivity contribution in [3.8, 4) is 5.75 Å². The van der Waals surface area contributed by atoms with E-state index in [2.05, 4.69) is 20.6 Å². The molecule has 1 aliphatic rings. The van der Waals surface area contributed by atoms with Gasteiger partial charge in [-0.2, -0.15) is 4.98 Å². The van der Waals surface area contributed by atoms with Crippen molar-refractivity contribution in [1.29, 1.82) is 0 Å². The Morgan fingerprint density at radius 2 is 2.04 bits per heavy atom. The topological polar surface area (TPSA) is 93.2 Å². The summed E-state index contributed by atoms with van der Waals surface area (Å²) in [7, 11) is -2.94. The minimum atomic E-state index is -2.94. The lowest BCUT2D eigenvalue weighted by atomic mass is 10.3. The Balaban J connectivity index is 1.72. The number of rotatable bonds is 6. The highest BCUT2D eigenvalue weighted by atomic mass is 32.2. The van der Waals surface area contributed by atoms with Crippen LogP contribution in [-0.4, -0.2) is 42.0 Å². The van der Waals surface area contributed by atoms with Gasteiger partial charge in [-0.25, -0.2) is 13.4 Å². The van der Waals surface area contributed by atoms with Gasteiger partial charge < -0.3 is 15.4 Å². The largest absolute Gasteiger partial charge is 0.489 e. The Bertz CT molecular complexity index is 839. The highest BCUT2D eigenvalue weighted by Gasteiger charge is 2.28. The lowest BCUT2D eigenvalue weighted by Gasteiger charge is -2.16.